The predicted octanol–water partition coefficient (Wildman–Crippen LogP) is 12.0. The summed E-state index contributed by atoms with van der Waals surface area (Å²) >= 11 is 0. The third-order valence-corrected chi connectivity index (χ3v) is 12.3. The van der Waals surface area contributed by atoms with Gasteiger partial charge in [-0.25, -0.2) is 14.4 Å². The third kappa shape index (κ3) is 16.2. The first-order chi connectivity index (χ1) is 34.5. The van der Waals surface area contributed by atoms with Crippen LogP contribution in [0.25, 0.3) is 22.3 Å². The van der Waals surface area contributed by atoms with Crippen LogP contribution in [0.2, 0.25) is 0 Å². The van der Waals surface area contributed by atoms with Crippen LogP contribution in [0, 0.1) is 10.1 Å². The number of benzene rings is 5. The first kappa shape index (κ1) is 51.6. The lowest BCUT2D eigenvalue weighted by Crippen LogP contribution is -2.16. The number of hydrogen-bond donors (Lipinski definition) is 0. The molecule has 0 N–H and O–H groups in total. The fourth-order valence-corrected chi connectivity index (χ4v) is 8.05. The molecule has 2 fully saturated rings. The van der Waals surface area contributed by atoms with Gasteiger partial charge in [-0.05, 0) is 109 Å². The molecule has 71 heavy (non-hydrogen) atoms. The highest BCUT2D eigenvalue weighted by Gasteiger charge is 2.33. The van der Waals surface area contributed by atoms with Crippen LogP contribution < -0.4 is 18.9 Å². The Bertz CT molecular complexity index is 2600. The van der Waals surface area contributed by atoms with Crippen LogP contribution >= 0.6 is 0 Å². The molecular formula is C56H59NO14. The average Bonchev–Trinajstić information content (AvgIpc) is 4.33. The zero-order valence-electron chi connectivity index (χ0n) is 39.9. The van der Waals surface area contributed by atoms with Crippen molar-refractivity contribution in [3.8, 4) is 45.3 Å². The van der Waals surface area contributed by atoms with E-state index in [9.17, 15) is 34.1 Å². The number of epoxide rings is 2. The van der Waals surface area contributed by atoms with Crippen molar-refractivity contribution < 1.29 is 62.1 Å². The van der Waals surface area contributed by atoms with Crippen molar-refractivity contribution >= 4 is 35.5 Å². The number of ether oxygens (including phenoxy) is 7. The van der Waals surface area contributed by atoms with E-state index in [4.69, 9.17) is 33.2 Å². The van der Waals surface area contributed by atoms with E-state index in [1.165, 1.54) is 49.9 Å². The summed E-state index contributed by atoms with van der Waals surface area (Å²) in [5, 5.41) is 12.6. The molecule has 15 nitrogen and oxygen atoms in total. The lowest BCUT2D eigenvalue weighted by atomic mass is 10.0. The number of nitrogens with zero attached hydrogens (tertiary/aromatic N) is 1. The Morgan fingerprint density at radius 1 is 0.493 bits per heavy atom. The lowest BCUT2D eigenvalue weighted by molar-refractivity contribution is -0.386. The van der Waals surface area contributed by atoms with Gasteiger partial charge in [0, 0.05) is 12.8 Å². The molecular weight excluding hydrogens is 911 g/mol. The second-order valence-corrected chi connectivity index (χ2v) is 17.7. The molecule has 0 radical (unpaired) electrons. The van der Waals surface area contributed by atoms with Crippen LogP contribution in [0.3, 0.4) is 0 Å². The monoisotopic (exact) mass is 969 g/mol. The van der Waals surface area contributed by atoms with Crippen molar-refractivity contribution in [2.75, 3.05) is 20.3 Å². The molecule has 0 aromatic heterocycles. The largest absolute Gasteiger partial charge is 0.465 e. The van der Waals surface area contributed by atoms with Crippen molar-refractivity contribution in [2.24, 2.45) is 0 Å². The highest BCUT2D eigenvalue weighted by Crippen LogP contribution is 2.41. The number of nitro benzene ring substituents is 1. The number of hydrogen-bond acceptors (Lipinski definition) is 14. The molecule has 0 aliphatic carbocycles. The second kappa shape index (κ2) is 26.1. The maximum Gasteiger partial charge on any atom is 0.354 e. The van der Waals surface area contributed by atoms with Gasteiger partial charge in [0.25, 0.3) is 0 Å². The normalized spacial score (nSPS) is 14.5. The van der Waals surface area contributed by atoms with Gasteiger partial charge in [0.2, 0.25) is 11.5 Å². The van der Waals surface area contributed by atoms with Crippen LogP contribution in [-0.2, 0) is 23.8 Å². The quantitative estimate of drug-likeness (QED) is 0.0114. The van der Waals surface area contributed by atoms with Crippen molar-refractivity contribution in [2.45, 2.75) is 115 Å². The number of carbonyl (C=O) groups excluding carboxylic acids is 5. The van der Waals surface area contributed by atoms with Gasteiger partial charge in [-0.15, -0.1) is 0 Å². The smallest absolute Gasteiger partial charge is 0.354 e. The minimum Gasteiger partial charge on any atom is -0.465 e. The molecule has 0 spiro atoms. The van der Waals surface area contributed by atoms with E-state index in [1.54, 1.807) is 72.8 Å². The maximum absolute atomic E-state index is 13.5. The third-order valence-electron chi connectivity index (χ3n) is 12.3. The Morgan fingerprint density at radius 2 is 0.873 bits per heavy atom. The molecule has 2 unspecified atom stereocenters. The van der Waals surface area contributed by atoms with Crippen molar-refractivity contribution in [3.05, 3.63) is 136 Å². The molecule has 5 aromatic rings. The molecule has 2 atom stereocenters. The summed E-state index contributed by atoms with van der Waals surface area (Å²) in [5.41, 5.74) is 1.64. The summed E-state index contributed by atoms with van der Waals surface area (Å²) in [6.45, 7) is 1.80. The number of nitro groups is 1. The van der Waals surface area contributed by atoms with E-state index in [0.717, 1.165) is 113 Å². The van der Waals surface area contributed by atoms with E-state index >= 15 is 0 Å². The summed E-state index contributed by atoms with van der Waals surface area (Å²) < 4.78 is 37.3. The number of esters is 5. The fraction of sp³-hybridized carbons (Fsp3) is 0.375. The molecule has 5 aromatic carbocycles. The minimum atomic E-state index is -1.03. The number of methoxy groups -OCH3 is 1. The van der Waals surface area contributed by atoms with Gasteiger partial charge >= 0.3 is 35.5 Å². The van der Waals surface area contributed by atoms with Crippen molar-refractivity contribution in [3.63, 3.8) is 0 Å². The highest BCUT2D eigenvalue weighted by molar-refractivity contribution is 5.99. The van der Waals surface area contributed by atoms with E-state index in [0.29, 0.717) is 42.1 Å². The molecule has 2 aliphatic heterocycles. The van der Waals surface area contributed by atoms with Crippen LogP contribution in [0.1, 0.15) is 134 Å². The van der Waals surface area contributed by atoms with Crippen molar-refractivity contribution in [1.29, 1.82) is 0 Å². The van der Waals surface area contributed by atoms with Crippen LogP contribution in [0.4, 0.5) is 5.69 Å². The van der Waals surface area contributed by atoms with Gasteiger partial charge < -0.3 is 33.2 Å². The SMILES string of the molecule is COC(=O)c1ccc(OC(=O)c2ccc(-c3ccc(OC(=O)CCCCCCCCC4CO4)cc3)cc2)c([N+](=O)[O-])c1OC(=O)c1ccc(-c2ccc(OC(=O)CCCCCCCCC3CO3)cc2)cc1. The van der Waals surface area contributed by atoms with Crippen LogP contribution in [0.15, 0.2) is 109 Å². The molecule has 7 rings (SSSR count). The zero-order valence-corrected chi connectivity index (χ0v) is 39.9. The standard InChI is InChI=1S/C56H59NO14/c1-65-56(62)48-34-35-49(70-54(60)42-22-18-38(19-23-42)40-26-30-44(31-27-40)68-50(58)16-12-8-4-2-6-10-14-46-36-66-46)52(57(63)64)53(48)71-55(61)43-24-20-39(21-25-43)41-28-32-45(33-29-41)69-51(59)17-13-9-5-3-7-11-15-47-37-67-47/h18-35,46-47H,2-17,36-37H2,1H3. The number of rotatable bonds is 28. The molecule has 0 saturated carbocycles. The van der Waals surface area contributed by atoms with E-state index < -0.39 is 45.6 Å². The van der Waals surface area contributed by atoms with Gasteiger partial charge in [-0.2, -0.15) is 0 Å². The van der Waals surface area contributed by atoms with E-state index in [-0.39, 0.29) is 23.1 Å². The second-order valence-electron chi connectivity index (χ2n) is 17.7. The molecule has 372 valence electrons. The van der Waals surface area contributed by atoms with Gasteiger partial charge in [-0.3, -0.25) is 19.7 Å². The topological polar surface area (TPSA) is 200 Å². The van der Waals surface area contributed by atoms with Gasteiger partial charge in [0.05, 0.1) is 48.6 Å². The molecule has 2 saturated heterocycles. The maximum atomic E-state index is 13.5. The zero-order chi connectivity index (χ0) is 50.0. The molecule has 2 aliphatic rings. The lowest BCUT2D eigenvalue weighted by Gasteiger charge is -2.13. The molecule has 0 bridgehead atoms. The summed E-state index contributed by atoms with van der Waals surface area (Å²) in [4.78, 5) is 76.2. The molecule has 2 heterocycles. The van der Waals surface area contributed by atoms with E-state index in [2.05, 4.69) is 0 Å². The predicted molar refractivity (Wildman–Crippen MR) is 263 cm³/mol. The Hall–Kier alpha value is -7.23. The van der Waals surface area contributed by atoms with Crippen LogP contribution in [0.5, 0.6) is 23.0 Å². The minimum absolute atomic E-state index is 0.00194. The molecule has 15 heteroatoms. The van der Waals surface area contributed by atoms with Gasteiger partial charge in [0.1, 0.15) is 17.1 Å². The van der Waals surface area contributed by atoms with Gasteiger partial charge in [0.15, 0.2) is 0 Å². The Labute approximate surface area is 412 Å². The average molecular weight is 970 g/mol. The fourth-order valence-electron chi connectivity index (χ4n) is 8.05. The summed E-state index contributed by atoms with van der Waals surface area (Å²) in [6, 6.07) is 28.5. The number of unbranched alkanes of at least 4 members (excludes halogenated alkanes) is 10. The van der Waals surface area contributed by atoms with E-state index in [1.807, 2.05) is 0 Å². The van der Waals surface area contributed by atoms with Crippen LogP contribution in [-0.4, -0.2) is 67.3 Å². The van der Waals surface area contributed by atoms with Crippen molar-refractivity contribution in [1.82, 2.24) is 0 Å². The number of carbonyl (C=O) groups is 5. The Morgan fingerprint density at radius 3 is 1.27 bits per heavy atom. The Kier molecular flexibility index (Phi) is 19.0. The first-order valence-corrected chi connectivity index (χ1v) is 24.4. The Balaban J connectivity index is 0.906. The summed E-state index contributed by atoms with van der Waals surface area (Å²) in [7, 11) is 1.06. The van der Waals surface area contributed by atoms with Gasteiger partial charge in [-0.1, -0.05) is 113 Å². The summed E-state index contributed by atoms with van der Waals surface area (Å²) in [5.74, 6) is -4.13. The highest BCUT2D eigenvalue weighted by atomic mass is 16.6. The summed E-state index contributed by atoms with van der Waals surface area (Å²) in [6.07, 6.45) is 16.6. The first-order valence-electron chi connectivity index (χ1n) is 24.4. The molecule has 0 amide bonds.